The van der Waals surface area contributed by atoms with Gasteiger partial charge < -0.3 is 19.7 Å². The van der Waals surface area contributed by atoms with E-state index in [2.05, 4.69) is 12.2 Å². The average molecular weight is 493 g/mol. The molecule has 0 aliphatic carbocycles. The van der Waals surface area contributed by atoms with E-state index in [-0.39, 0.29) is 24.8 Å². The summed E-state index contributed by atoms with van der Waals surface area (Å²) in [7, 11) is 0. The number of amides is 2. The molecule has 1 atom stereocenters. The maximum absolute atomic E-state index is 13.3. The smallest absolute Gasteiger partial charge is 0.242 e. The molecule has 1 N–H and O–H groups in total. The fourth-order valence-corrected chi connectivity index (χ4v) is 4.06. The van der Waals surface area contributed by atoms with Gasteiger partial charge in [-0.25, -0.2) is 0 Å². The lowest BCUT2D eigenvalue weighted by molar-refractivity contribution is -0.140. The van der Waals surface area contributed by atoms with Gasteiger partial charge in [-0.3, -0.25) is 9.59 Å². The lowest BCUT2D eigenvalue weighted by atomic mass is 10.1. The quantitative estimate of drug-likeness (QED) is 0.472. The third kappa shape index (κ3) is 7.02. The molecule has 1 heterocycles. The first-order valence-electron chi connectivity index (χ1n) is 11.3. The summed E-state index contributed by atoms with van der Waals surface area (Å²) in [4.78, 5) is 27.6. The van der Waals surface area contributed by atoms with Crippen LogP contribution in [-0.4, -0.2) is 42.5 Å². The van der Waals surface area contributed by atoms with Crippen molar-refractivity contribution in [2.45, 2.75) is 52.1 Å². The highest BCUT2D eigenvalue weighted by Crippen LogP contribution is 2.31. The number of rotatable bonds is 10. The number of ether oxygens (including phenoxy) is 2. The number of hydrogen-bond acceptors (Lipinski definition) is 4. The Balaban J connectivity index is 1.72. The minimum Gasteiger partial charge on any atom is -0.486 e. The van der Waals surface area contributed by atoms with Gasteiger partial charge in [0.25, 0.3) is 0 Å². The number of halogens is 2. The largest absolute Gasteiger partial charge is 0.486 e. The zero-order chi connectivity index (χ0) is 23.8. The van der Waals surface area contributed by atoms with Gasteiger partial charge in [-0.2, -0.15) is 0 Å². The number of fused-ring (bicyclic) bond motifs is 1. The van der Waals surface area contributed by atoms with E-state index in [0.29, 0.717) is 47.7 Å². The number of aryl methyl sites for hydroxylation is 1. The van der Waals surface area contributed by atoms with E-state index >= 15 is 0 Å². The zero-order valence-corrected chi connectivity index (χ0v) is 20.5. The van der Waals surface area contributed by atoms with Crippen molar-refractivity contribution < 1.29 is 19.1 Å². The number of benzene rings is 2. The van der Waals surface area contributed by atoms with E-state index in [1.807, 2.05) is 18.2 Å². The van der Waals surface area contributed by atoms with Crippen molar-refractivity contribution in [3.63, 3.8) is 0 Å². The van der Waals surface area contributed by atoms with Crippen molar-refractivity contribution in [2.75, 3.05) is 19.8 Å². The fraction of sp³-hybridized carbons (Fsp3) is 0.440. The van der Waals surface area contributed by atoms with Gasteiger partial charge in [-0.1, -0.05) is 48.7 Å². The van der Waals surface area contributed by atoms with E-state index in [9.17, 15) is 9.59 Å². The minimum atomic E-state index is -0.638. The molecule has 8 heteroatoms. The van der Waals surface area contributed by atoms with Crippen LogP contribution < -0.4 is 14.8 Å². The summed E-state index contributed by atoms with van der Waals surface area (Å²) in [6.07, 6.45) is 2.63. The van der Waals surface area contributed by atoms with E-state index in [0.717, 1.165) is 24.0 Å². The molecular weight excluding hydrogens is 463 g/mol. The Morgan fingerprint density at radius 1 is 1.09 bits per heavy atom. The first-order valence-corrected chi connectivity index (χ1v) is 12.0. The number of carbonyl (C=O) groups is 2. The topological polar surface area (TPSA) is 67.9 Å². The summed E-state index contributed by atoms with van der Waals surface area (Å²) in [5.41, 5.74) is 1.71. The second kappa shape index (κ2) is 12.1. The maximum atomic E-state index is 13.3. The Morgan fingerprint density at radius 3 is 2.58 bits per heavy atom. The second-order valence-electron chi connectivity index (χ2n) is 8.06. The fourth-order valence-electron chi connectivity index (χ4n) is 3.59. The van der Waals surface area contributed by atoms with Gasteiger partial charge in [0, 0.05) is 29.6 Å². The van der Waals surface area contributed by atoms with Gasteiger partial charge in [-0.15, -0.1) is 0 Å². The summed E-state index contributed by atoms with van der Waals surface area (Å²) < 4.78 is 11.2. The number of hydrogen-bond donors (Lipinski definition) is 1. The number of nitrogens with one attached hydrogen (secondary N) is 1. The highest BCUT2D eigenvalue weighted by Gasteiger charge is 2.26. The number of unbranched alkanes of at least 4 members (excludes halogenated alkanes) is 1. The third-order valence-electron chi connectivity index (χ3n) is 5.59. The summed E-state index contributed by atoms with van der Waals surface area (Å²) in [6.45, 7) is 5.65. The molecule has 6 nitrogen and oxygen atoms in total. The number of nitrogens with zero attached hydrogens (tertiary/aromatic N) is 1. The molecule has 0 spiro atoms. The monoisotopic (exact) mass is 492 g/mol. The molecule has 0 saturated carbocycles. The van der Waals surface area contributed by atoms with E-state index in [1.54, 1.807) is 30.0 Å². The lowest BCUT2D eigenvalue weighted by Crippen LogP contribution is -2.47. The Hall–Kier alpha value is -2.44. The van der Waals surface area contributed by atoms with Crippen molar-refractivity contribution in [2.24, 2.45) is 0 Å². The van der Waals surface area contributed by atoms with Gasteiger partial charge >= 0.3 is 0 Å². The van der Waals surface area contributed by atoms with Crippen LogP contribution in [-0.2, 0) is 22.6 Å². The second-order valence-corrected chi connectivity index (χ2v) is 8.90. The molecule has 178 valence electrons. The third-order valence-corrected chi connectivity index (χ3v) is 6.17. The van der Waals surface area contributed by atoms with Crippen molar-refractivity contribution >= 4 is 35.0 Å². The van der Waals surface area contributed by atoms with Gasteiger partial charge in [0.1, 0.15) is 19.3 Å². The summed E-state index contributed by atoms with van der Waals surface area (Å²) in [5.74, 6) is 1.10. The van der Waals surface area contributed by atoms with Crippen molar-refractivity contribution in [1.82, 2.24) is 10.2 Å². The molecule has 2 amide bonds. The number of carbonyl (C=O) groups excluding carboxylic acids is 2. The Labute approximate surface area is 205 Å². The van der Waals surface area contributed by atoms with E-state index in [4.69, 9.17) is 32.7 Å². The SMILES string of the molecule is CCCCNC(=O)[C@@H](C)N(Cc1ccc(Cl)cc1Cl)C(=O)CCc1ccc2c(c1)OCCO2. The van der Waals surface area contributed by atoms with Crippen LogP contribution >= 0.6 is 23.2 Å². The van der Waals surface area contributed by atoms with Crippen LogP contribution in [0.25, 0.3) is 0 Å². The molecule has 1 aliphatic rings. The van der Waals surface area contributed by atoms with Crippen LogP contribution in [0.5, 0.6) is 11.5 Å². The van der Waals surface area contributed by atoms with Crippen LogP contribution in [0.4, 0.5) is 0 Å². The molecule has 0 radical (unpaired) electrons. The molecule has 2 aromatic rings. The van der Waals surface area contributed by atoms with Crippen LogP contribution in [0.15, 0.2) is 36.4 Å². The predicted octanol–water partition coefficient (Wildman–Crippen LogP) is 5.03. The molecule has 2 aromatic carbocycles. The van der Waals surface area contributed by atoms with Gasteiger partial charge in [-0.05, 0) is 55.2 Å². The van der Waals surface area contributed by atoms with E-state index < -0.39 is 6.04 Å². The van der Waals surface area contributed by atoms with Crippen LogP contribution in [0.1, 0.15) is 44.2 Å². The predicted molar refractivity (Wildman–Crippen MR) is 130 cm³/mol. The van der Waals surface area contributed by atoms with Crippen LogP contribution in [0.2, 0.25) is 10.0 Å². The zero-order valence-electron chi connectivity index (χ0n) is 19.0. The maximum Gasteiger partial charge on any atom is 0.242 e. The molecule has 1 aliphatic heterocycles. The van der Waals surface area contributed by atoms with Crippen molar-refractivity contribution in [3.05, 3.63) is 57.6 Å². The first-order chi connectivity index (χ1) is 15.9. The minimum absolute atomic E-state index is 0.131. The van der Waals surface area contributed by atoms with Gasteiger partial charge in [0.15, 0.2) is 11.5 Å². The molecule has 3 rings (SSSR count). The molecule has 0 aromatic heterocycles. The summed E-state index contributed by atoms with van der Waals surface area (Å²) in [6, 6.07) is 10.2. The van der Waals surface area contributed by atoms with Crippen LogP contribution in [0, 0.1) is 0 Å². The molecule has 0 fully saturated rings. The molecule has 0 bridgehead atoms. The summed E-state index contributed by atoms with van der Waals surface area (Å²) in [5, 5.41) is 3.90. The van der Waals surface area contributed by atoms with Crippen molar-refractivity contribution in [1.29, 1.82) is 0 Å². The highest BCUT2D eigenvalue weighted by molar-refractivity contribution is 6.35. The summed E-state index contributed by atoms with van der Waals surface area (Å²) >= 11 is 12.4. The average Bonchev–Trinajstić information content (AvgIpc) is 2.81. The lowest BCUT2D eigenvalue weighted by Gasteiger charge is -2.29. The molecule has 0 unspecified atom stereocenters. The first kappa shape index (κ1) is 25.2. The Bertz CT molecular complexity index is 983. The standard InChI is InChI=1S/C25H30Cl2N2O4/c1-3-4-11-28-25(31)17(2)29(16-19-7-8-20(26)15-21(19)27)24(30)10-6-18-5-9-22-23(14-18)33-13-12-32-22/h5,7-9,14-15,17H,3-4,6,10-13,16H2,1-2H3,(H,28,31)/t17-/m1/s1. The van der Waals surface area contributed by atoms with Gasteiger partial charge in [0.05, 0.1) is 0 Å². The Morgan fingerprint density at radius 2 is 1.85 bits per heavy atom. The van der Waals surface area contributed by atoms with E-state index in [1.165, 1.54) is 0 Å². The molecular formula is C25H30Cl2N2O4. The molecule has 0 saturated heterocycles. The highest BCUT2D eigenvalue weighted by atomic mass is 35.5. The molecule has 33 heavy (non-hydrogen) atoms. The Kier molecular flexibility index (Phi) is 9.27. The normalized spacial score (nSPS) is 13.3. The van der Waals surface area contributed by atoms with Crippen molar-refractivity contribution in [3.8, 4) is 11.5 Å². The van der Waals surface area contributed by atoms with Crippen LogP contribution in [0.3, 0.4) is 0 Å². The van der Waals surface area contributed by atoms with Gasteiger partial charge in [0.2, 0.25) is 11.8 Å².